The Balaban J connectivity index is 1.16. The van der Waals surface area contributed by atoms with Crippen LogP contribution in [0, 0.1) is 11.3 Å². The van der Waals surface area contributed by atoms with Gasteiger partial charge >= 0.3 is 0 Å². The third-order valence-corrected chi connectivity index (χ3v) is 10.9. The van der Waals surface area contributed by atoms with E-state index in [1.54, 1.807) is 6.33 Å². The number of aromatic nitrogens is 3. The molecule has 39 heavy (non-hydrogen) atoms. The van der Waals surface area contributed by atoms with Crippen molar-refractivity contribution in [2.45, 2.75) is 108 Å². The van der Waals surface area contributed by atoms with Crippen molar-refractivity contribution in [3.8, 4) is 0 Å². The van der Waals surface area contributed by atoms with Crippen LogP contribution < -0.4 is 5.32 Å². The average Bonchev–Trinajstić information content (AvgIpc) is 3.53. The van der Waals surface area contributed by atoms with Gasteiger partial charge in [-0.2, -0.15) is 5.10 Å². The summed E-state index contributed by atoms with van der Waals surface area (Å²) in [4.78, 5) is 23.1. The molecular formula is C31H45ClN6O. The molecule has 8 heteroatoms. The van der Waals surface area contributed by atoms with Gasteiger partial charge < -0.3 is 15.1 Å². The summed E-state index contributed by atoms with van der Waals surface area (Å²) in [6, 6.07) is 9.53. The van der Waals surface area contributed by atoms with Crippen molar-refractivity contribution in [2.75, 3.05) is 20.1 Å². The minimum Gasteiger partial charge on any atom is -0.341 e. The molecule has 1 amide bonds. The average molecular weight is 553 g/mol. The van der Waals surface area contributed by atoms with E-state index in [0.717, 1.165) is 50.3 Å². The first-order valence-electron chi connectivity index (χ1n) is 15.3. The number of benzene rings is 1. The first-order valence-corrected chi connectivity index (χ1v) is 15.7. The molecule has 212 valence electrons. The number of carbonyl (C=O) groups excluding carboxylic acids is 1. The molecule has 3 atom stereocenters. The van der Waals surface area contributed by atoms with Crippen LogP contribution in [-0.2, 0) is 17.8 Å². The van der Waals surface area contributed by atoms with E-state index in [9.17, 15) is 4.79 Å². The van der Waals surface area contributed by atoms with E-state index < -0.39 is 0 Å². The molecule has 2 bridgehead atoms. The lowest BCUT2D eigenvalue weighted by atomic mass is 9.63. The maximum absolute atomic E-state index is 14.2. The Kier molecular flexibility index (Phi) is 8.29. The molecule has 1 aromatic carbocycles. The number of amides is 1. The summed E-state index contributed by atoms with van der Waals surface area (Å²) in [5.74, 6) is 0.986. The van der Waals surface area contributed by atoms with Crippen LogP contribution in [0.4, 0.5) is 0 Å². The molecular weight excluding hydrogens is 508 g/mol. The van der Waals surface area contributed by atoms with Gasteiger partial charge in [0.15, 0.2) is 0 Å². The molecule has 6 rings (SSSR count). The fourth-order valence-corrected chi connectivity index (χ4v) is 8.47. The predicted octanol–water partition coefficient (Wildman–Crippen LogP) is 4.95. The SMILES string of the molecule is CN1C2CCC1CC(N[C@H](Cc1ccc(Cl)cc1)C(=O)N1CCC(Cn3cncn3)(C3CCCCC3)CC1)C2. The van der Waals surface area contributed by atoms with E-state index in [1.807, 2.05) is 23.1 Å². The van der Waals surface area contributed by atoms with Gasteiger partial charge in [-0.05, 0) is 93.9 Å². The van der Waals surface area contributed by atoms with E-state index in [-0.39, 0.29) is 17.4 Å². The summed E-state index contributed by atoms with van der Waals surface area (Å²) < 4.78 is 2.03. The Morgan fingerprint density at radius 3 is 2.38 bits per heavy atom. The van der Waals surface area contributed by atoms with E-state index in [0.29, 0.717) is 30.5 Å². The minimum absolute atomic E-state index is 0.198. The van der Waals surface area contributed by atoms with E-state index >= 15 is 0 Å². The molecule has 1 aliphatic carbocycles. The van der Waals surface area contributed by atoms with Gasteiger partial charge in [0.25, 0.3) is 0 Å². The number of nitrogens with zero attached hydrogens (tertiary/aromatic N) is 5. The highest BCUT2D eigenvalue weighted by Crippen LogP contribution is 2.47. The Morgan fingerprint density at radius 1 is 1.05 bits per heavy atom. The summed E-state index contributed by atoms with van der Waals surface area (Å²) in [7, 11) is 2.28. The van der Waals surface area contributed by atoms with Crippen LogP contribution in [0.2, 0.25) is 5.02 Å². The van der Waals surface area contributed by atoms with E-state index in [1.165, 1.54) is 50.5 Å². The van der Waals surface area contributed by atoms with Crippen LogP contribution in [0.25, 0.3) is 0 Å². The van der Waals surface area contributed by atoms with Gasteiger partial charge in [0.1, 0.15) is 12.7 Å². The number of piperidine rings is 2. The van der Waals surface area contributed by atoms with Gasteiger partial charge in [-0.25, -0.2) is 4.98 Å². The van der Waals surface area contributed by atoms with E-state index in [2.05, 4.69) is 44.4 Å². The zero-order valence-electron chi connectivity index (χ0n) is 23.5. The second kappa shape index (κ2) is 11.9. The number of rotatable bonds is 8. The highest BCUT2D eigenvalue weighted by molar-refractivity contribution is 6.30. The number of likely N-dealkylation sites (tertiary alicyclic amines) is 1. The molecule has 4 aliphatic rings. The topological polar surface area (TPSA) is 66.3 Å². The lowest BCUT2D eigenvalue weighted by Crippen LogP contribution is -2.57. The monoisotopic (exact) mass is 552 g/mol. The molecule has 4 heterocycles. The standard InChI is InChI=1S/C31H45ClN6O/c1-36-27-11-12-28(36)19-26(18-27)35-29(17-23-7-9-25(32)10-8-23)30(39)37-15-13-31(14-16-37,20-38-22-33-21-34-38)24-5-3-2-4-6-24/h7-10,21-22,24,26-29,35H,2-6,11-20H2,1H3/t26?,27?,28?,29-/m1/s1. The van der Waals surface area contributed by atoms with Gasteiger partial charge in [0, 0.05) is 42.8 Å². The van der Waals surface area contributed by atoms with Crippen molar-refractivity contribution >= 4 is 17.5 Å². The molecule has 1 aromatic heterocycles. The van der Waals surface area contributed by atoms with Crippen LogP contribution in [0.5, 0.6) is 0 Å². The Labute approximate surface area is 238 Å². The summed E-state index contributed by atoms with van der Waals surface area (Å²) in [6.45, 7) is 2.59. The van der Waals surface area contributed by atoms with E-state index in [4.69, 9.17) is 11.6 Å². The molecule has 1 N–H and O–H groups in total. The van der Waals surface area contributed by atoms with Gasteiger partial charge in [0.2, 0.25) is 5.91 Å². The molecule has 1 saturated carbocycles. The number of nitrogens with one attached hydrogen (secondary N) is 1. The number of halogens is 1. The summed E-state index contributed by atoms with van der Waals surface area (Å²) >= 11 is 6.18. The molecule has 3 saturated heterocycles. The highest BCUT2D eigenvalue weighted by atomic mass is 35.5. The number of hydrogen-bond acceptors (Lipinski definition) is 5. The van der Waals surface area contributed by atoms with Crippen LogP contribution in [0.1, 0.15) is 76.2 Å². The Morgan fingerprint density at radius 2 is 1.74 bits per heavy atom. The minimum atomic E-state index is -0.198. The first-order chi connectivity index (χ1) is 19.0. The van der Waals surface area contributed by atoms with Crippen molar-refractivity contribution in [1.82, 2.24) is 29.9 Å². The normalized spacial score (nSPS) is 28.5. The number of fused-ring (bicyclic) bond motifs is 2. The number of hydrogen-bond donors (Lipinski definition) is 1. The lowest BCUT2D eigenvalue weighted by molar-refractivity contribution is -0.137. The van der Waals surface area contributed by atoms with Crippen LogP contribution in [-0.4, -0.2) is 74.8 Å². The molecule has 0 radical (unpaired) electrons. The van der Waals surface area contributed by atoms with Crippen molar-refractivity contribution in [1.29, 1.82) is 0 Å². The number of carbonyl (C=O) groups is 1. The molecule has 2 unspecified atom stereocenters. The molecule has 3 aliphatic heterocycles. The van der Waals surface area contributed by atoms with Crippen LogP contribution >= 0.6 is 11.6 Å². The van der Waals surface area contributed by atoms with Crippen molar-refractivity contribution in [2.24, 2.45) is 11.3 Å². The third-order valence-electron chi connectivity index (χ3n) is 10.7. The summed E-state index contributed by atoms with van der Waals surface area (Å²) in [5.41, 5.74) is 1.37. The van der Waals surface area contributed by atoms with Crippen molar-refractivity contribution in [3.05, 3.63) is 47.5 Å². The fourth-order valence-electron chi connectivity index (χ4n) is 8.35. The predicted molar refractivity (Wildman–Crippen MR) is 155 cm³/mol. The maximum atomic E-state index is 14.2. The first kappa shape index (κ1) is 27.2. The third kappa shape index (κ3) is 6.06. The molecule has 4 fully saturated rings. The van der Waals surface area contributed by atoms with Gasteiger partial charge in [0.05, 0.1) is 6.04 Å². The Bertz CT molecular complexity index is 1060. The second-order valence-electron chi connectivity index (χ2n) is 12.9. The summed E-state index contributed by atoms with van der Waals surface area (Å²) in [5, 5.41) is 9.10. The van der Waals surface area contributed by atoms with Gasteiger partial charge in [-0.3, -0.25) is 9.48 Å². The second-order valence-corrected chi connectivity index (χ2v) is 13.3. The molecule has 0 spiro atoms. The lowest BCUT2D eigenvalue weighted by Gasteiger charge is -2.48. The van der Waals surface area contributed by atoms with Crippen LogP contribution in [0.15, 0.2) is 36.9 Å². The quantitative estimate of drug-likeness (QED) is 0.502. The largest absolute Gasteiger partial charge is 0.341 e. The fraction of sp³-hybridized carbons (Fsp3) is 0.710. The molecule has 2 aromatic rings. The Hall–Kier alpha value is -1.96. The highest BCUT2D eigenvalue weighted by Gasteiger charge is 2.44. The maximum Gasteiger partial charge on any atom is 0.240 e. The van der Waals surface area contributed by atoms with Gasteiger partial charge in [-0.1, -0.05) is 43.0 Å². The van der Waals surface area contributed by atoms with Crippen molar-refractivity contribution in [3.63, 3.8) is 0 Å². The zero-order chi connectivity index (χ0) is 26.8. The zero-order valence-corrected chi connectivity index (χ0v) is 24.2. The molecule has 7 nitrogen and oxygen atoms in total. The van der Waals surface area contributed by atoms with Crippen LogP contribution in [0.3, 0.4) is 0 Å². The smallest absolute Gasteiger partial charge is 0.240 e. The van der Waals surface area contributed by atoms with Crippen molar-refractivity contribution < 1.29 is 4.79 Å². The summed E-state index contributed by atoms with van der Waals surface area (Å²) in [6.07, 6.45) is 17.8. The van der Waals surface area contributed by atoms with Gasteiger partial charge in [-0.15, -0.1) is 0 Å².